The number of allylic oxidation sites excluding steroid dienone is 1. The number of amides is 1. The van der Waals surface area contributed by atoms with E-state index in [4.69, 9.17) is 16.3 Å². The highest BCUT2D eigenvalue weighted by atomic mass is 35.5. The first-order chi connectivity index (χ1) is 29.9. The lowest BCUT2D eigenvalue weighted by Gasteiger charge is -2.39. The molecule has 324 valence electrons. The number of piperazine rings is 2. The number of halogens is 1. The molecule has 15 heteroatoms. The van der Waals surface area contributed by atoms with Crippen LogP contribution in [0.5, 0.6) is 11.5 Å². The van der Waals surface area contributed by atoms with Gasteiger partial charge in [-0.3, -0.25) is 29.4 Å². The van der Waals surface area contributed by atoms with E-state index in [-0.39, 0.29) is 28.0 Å². The number of benzene rings is 3. The van der Waals surface area contributed by atoms with Gasteiger partial charge < -0.3 is 24.8 Å². The van der Waals surface area contributed by atoms with Crippen LogP contribution in [0.2, 0.25) is 5.02 Å². The van der Waals surface area contributed by atoms with Gasteiger partial charge in [0.05, 0.1) is 16.7 Å². The number of fused-ring (bicyclic) bond motifs is 2. The molecular weight excluding hydrogens is 822 g/mol. The zero-order valence-electron chi connectivity index (χ0n) is 35.6. The number of carbonyl (C=O) groups is 1. The maximum atomic E-state index is 14.0. The standard InChI is InChI=1S/C47H54ClN9O4S/c1-47(2)12-10-33(41(27-47)31-4-6-35(48)7-5-31)29-54-18-20-56(21-19-54)37-8-9-40(43(25-37)61-38-23-32-11-13-49-45(32)50-28-38)46(58)52-62-39-24-34-22-36(30-55-16-14-53(3)15-17-55)51-44(34)42(26-39)57(59)60/h4-9,11,13,23-26,28,36,51H,10,12,14-22,27,29-30H2,1-3H3,(H,49,50)(H,52,58)/t36-/m0/s1. The molecule has 2 aromatic heterocycles. The third kappa shape index (κ3) is 9.59. The zero-order chi connectivity index (χ0) is 43.0. The summed E-state index contributed by atoms with van der Waals surface area (Å²) in [6.45, 7) is 13.9. The van der Waals surface area contributed by atoms with E-state index in [1.54, 1.807) is 12.3 Å². The summed E-state index contributed by atoms with van der Waals surface area (Å²) in [7, 11) is 2.13. The molecule has 0 saturated carbocycles. The molecule has 0 bridgehead atoms. The van der Waals surface area contributed by atoms with E-state index >= 15 is 0 Å². The monoisotopic (exact) mass is 875 g/mol. The number of H-pyrrole nitrogens is 1. The van der Waals surface area contributed by atoms with Crippen molar-refractivity contribution < 1.29 is 14.5 Å². The van der Waals surface area contributed by atoms with Crippen molar-refractivity contribution in [3.05, 3.63) is 117 Å². The van der Waals surface area contributed by atoms with E-state index < -0.39 is 0 Å². The number of nitro groups is 1. The molecule has 1 atom stereocenters. The molecule has 3 aliphatic heterocycles. The summed E-state index contributed by atoms with van der Waals surface area (Å²) in [6.07, 6.45) is 7.48. The maximum absolute atomic E-state index is 14.0. The number of hydrogen-bond acceptors (Lipinski definition) is 11. The Morgan fingerprint density at radius 1 is 1.00 bits per heavy atom. The molecule has 0 radical (unpaired) electrons. The van der Waals surface area contributed by atoms with E-state index in [0.29, 0.717) is 34.1 Å². The fraction of sp³-hybridized carbons (Fsp3) is 0.404. The SMILES string of the molecule is CN1CCN(C[C@@H]2Cc3cc(SNC(=O)c4ccc(N5CCN(CC6=C(c7ccc(Cl)cc7)CC(C)(C)CC6)CC5)cc4Oc4cnc5[nH]ccc5c4)cc([N+](=O)[O-])c3N2)CC1. The van der Waals surface area contributed by atoms with E-state index in [1.807, 2.05) is 48.7 Å². The average molecular weight is 877 g/mol. The minimum atomic E-state index is -0.369. The lowest BCUT2D eigenvalue weighted by Crippen LogP contribution is -2.47. The van der Waals surface area contributed by atoms with Crippen molar-refractivity contribution in [1.29, 1.82) is 0 Å². The molecule has 4 aliphatic rings. The minimum absolute atomic E-state index is 0.0164. The first-order valence-electron chi connectivity index (χ1n) is 21.6. The van der Waals surface area contributed by atoms with Gasteiger partial charge in [0.15, 0.2) is 0 Å². The van der Waals surface area contributed by atoms with E-state index in [9.17, 15) is 14.9 Å². The van der Waals surface area contributed by atoms with Crippen molar-refractivity contribution in [2.24, 2.45) is 5.41 Å². The van der Waals surface area contributed by atoms with Gasteiger partial charge in [-0.15, -0.1) is 0 Å². The molecule has 9 rings (SSSR count). The molecule has 0 spiro atoms. The third-order valence-corrected chi connectivity index (χ3v) is 13.9. The molecule has 1 aliphatic carbocycles. The Kier molecular flexibility index (Phi) is 12.2. The summed E-state index contributed by atoms with van der Waals surface area (Å²) >= 11 is 7.34. The Balaban J connectivity index is 0.902. The molecule has 5 aromatic rings. The van der Waals surface area contributed by atoms with Crippen LogP contribution in [0.4, 0.5) is 17.1 Å². The second kappa shape index (κ2) is 17.9. The summed E-state index contributed by atoms with van der Waals surface area (Å²) < 4.78 is 9.44. The number of aromatic amines is 1. The predicted molar refractivity (Wildman–Crippen MR) is 249 cm³/mol. The van der Waals surface area contributed by atoms with Gasteiger partial charge in [-0.1, -0.05) is 43.2 Å². The highest BCUT2D eigenvalue weighted by Crippen LogP contribution is 2.44. The molecule has 3 aromatic carbocycles. The predicted octanol–water partition coefficient (Wildman–Crippen LogP) is 8.72. The first kappa shape index (κ1) is 42.2. The number of likely N-dealkylation sites (N-methyl/N-ethyl adjacent to an activating group) is 1. The van der Waals surface area contributed by atoms with Crippen LogP contribution in [-0.2, 0) is 6.42 Å². The summed E-state index contributed by atoms with van der Waals surface area (Å²) in [6, 6.07) is 21.4. The second-order valence-electron chi connectivity index (χ2n) is 18.0. The van der Waals surface area contributed by atoms with Gasteiger partial charge in [-0.25, -0.2) is 4.98 Å². The van der Waals surface area contributed by atoms with Gasteiger partial charge in [-0.05, 0) is 109 Å². The summed E-state index contributed by atoms with van der Waals surface area (Å²) in [5.74, 6) is 0.541. The van der Waals surface area contributed by atoms with Crippen LogP contribution in [0.15, 0.2) is 89.6 Å². The van der Waals surface area contributed by atoms with Crippen LogP contribution in [0, 0.1) is 15.5 Å². The van der Waals surface area contributed by atoms with Crippen LogP contribution in [-0.4, -0.2) is 114 Å². The number of pyridine rings is 1. The van der Waals surface area contributed by atoms with Crippen molar-refractivity contribution in [3.8, 4) is 11.5 Å². The number of aromatic nitrogens is 2. The van der Waals surface area contributed by atoms with Crippen LogP contribution < -0.4 is 19.7 Å². The molecule has 62 heavy (non-hydrogen) atoms. The van der Waals surface area contributed by atoms with Gasteiger partial charge >= 0.3 is 0 Å². The van der Waals surface area contributed by atoms with Gasteiger partial charge in [0.2, 0.25) is 0 Å². The van der Waals surface area contributed by atoms with Crippen LogP contribution in [0.3, 0.4) is 0 Å². The Morgan fingerprint density at radius 2 is 1.77 bits per heavy atom. The topological polar surface area (TPSA) is 135 Å². The van der Waals surface area contributed by atoms with Gasteiger partial charge in [-0.2, -0.15) is 0 Å². The van der Waals surface area contributed by atoms with E-state index in [1.165, 1.54) is 29.2 Å². The Hall–Kier alpha value is -5.12. The van der Waals surface area contributed by atoms with Gasteiger partial charge in [0.25, 0.3) is 11.6 Å². The zero-order valence-corrected chi connectivity index (χ0v) is 37.2. The Morgan fingerprint density at radius 3 is 2.55 bits per heavy atom. The lowest BCUT2D eigenvalue weighted by molar-refractivity contribution is -0.384. The van der Waals surface area contributed by atoms with Crippen molar-refractivity contribution in [1.82, 2.24) is 29.4 Å². The van der Waals surface area contributed by atoms with Crippen molar-refractivity contribution in [2.75, 3.05) is 82.7 Å². The number of nitrogens with one attached hydrogen (secondary N) is 3. The largest absolute Gasteiger partial charge is 0.455 e. The fourth-order valence-corrected chi connectivity index (χ4v) is 10.1. The molecule has 0 unspecified atom stereocenters. The Labute approximate surface area is 372 Å². The normalized spacial score (nSPS) is 19.7. The number of anilines is 2. The summed E-state index contributed by atoms with van der Waals surface area (Å²) in [5.41, 5.74) is 8.04. The molecule has 2 saturated heterocycles. The summed E-state index contributed by atoms with van der Waals surface area (Å²) in [5, 5.41) is 17.4. The van der Waals surface area contributed by atoms with Crippen molar-refractivity contribution in [3.63, 3.8) is 0 Å². The third-order valence-electron chi connectivity index (χ3n) is 12.9. The molecule has 5 heterocycles. The number of ether oxygens (including phenoxy) is 1. The second-order valence-corrected chi connectivity index (χ2v) is 19.3. The smallest absolute Gasteiger partial charge is 0.293 e. The number of nitrogens with zero attached hydrogens (tertiary/aromatic N) is 6. The van der Waals surface area contributed by atoms with Crippen LogP contribution >= 0.6 is 23.5 Å². The fourth-order valence-electron chi connectivity index (χ4n) is 9.30. The summed E-state index contributed by atoms with van der Waals surface area (Å²) in [4.78, 5) is 43.8. The Bertz CT molecular complexity index is 2490. The maximum Gasteiger partial charge on any atom is 0.293 e. The quantitative estimate of drug-likeness (QED) is 0.0631. The first-order valence-corrected chi connectivity index (χ1v) is 22.8. The highest BCUT2D eigenvalue weighted by molar-refractivity contribution is 7.98. The number of carbonyl (C=O) groups excluding carboxylic acids is 1. The lowest BCUT2D eigenvalue weighted by atomic mass is 9.72. The minimum Gasteiger partial charge on any atom is -0.455 e. The number of rotatable bonds is 12. The van der Waals surface area contributed by atoms with Crippen LogP contribution in [0.25, 0.3) is 16.6 Å². The van der Waals surface area contributed by atoms with Gasteiger partial charge in [0, 0.05) is 111 Å². The molecule has 2 fully saturated rings. The van der Waals surface area contributed by atoms with Crippen molar-refractivity contribution in [2.45, 2.75) is 50.5 Å². The van der Waals surface area contributed by atoms with Gasteiger partial charge in [0.1, 0.15) is 22.8 Å². The molecule has 1 amide bonds. The van der Waals surface area contributed by atoms with Crippen molar-refractivity contribution >= 4 is 63.1 Å². The average Bonchev–Trinajstić information content (AvgIpc) is 3.91. The van der Waals surface area contributed by atoms with Crippen LogP contribution in [0.1, 0.15) is 54.6 Å². The van der Waals surface area contributed by atoms with E-state index in [0.717, 1.165) is 118 Å². The highest BCUT2D eigenvalue weighted by Gasteiger charge is 2.32. The molecule has 3 N–H and O–H groups in total. The molecular formula is C47H54ClN9O4S. The van der Waals surface area contributed by atoms with E-state index in [2.05, 4.69) is 72.6 Å². The molecule has 13 nitrogen and oxygen atoms in total. The number of hydrogen-bond donors (Lipinski definition) is 3. The number of nitro benzene ring substituents is 1.